The average Bonchev–Trinajstić information content (AvgIpc) is 3.55. The molecule has 0 aliphatic carbocycles. The Balaban J connectivity index is 1.12. The van der Waals surface area contributed by atoms with Gasteiger partial charge in [0.1, 0.15) is 42.4 Å². The molecule has 4 aromatic rings. The number of carbonyl (C=O) groups excluding carboxylic acids is 1. The van der Waals surface area contributed by atoms with Crippen LogP contribution in [0.25, 0.3) is 11.0 Å². The van der Waals surface area contributed by atoms with Crippen molar-refractivity contribution >= 4 is 31.5 Å². The van der Waals surface area contributed by atoms with Crippen LogP contribution < -0.4 is 25.2 Å². The van der Waals surface area contributed by atoms with Crippen LogP contribution in [0.5, 0.6) is 17.2 Å². The van der Waals surface area contributed by atoms with Crippen LogP contribution in [0.1, 0.15) is 17.6 Å². The van der Waals surface area contributed by atoms with Gasteiger partial charge in [-0.3, -0.25) is 9.88 Å². The first-order valence-corrected chi connectivity index (χ1v) is 14.6. The molecular formula is C28H28F2N3O12P. The normalized spacial score (nSPS) is 18.9. The quantitative estimate of drug-likeness (QED) is 0.161. The van der Waals surface area contributed by atoms with E-state index in [1.54, 1.807) is 37.4 Å². The van der Waals surface area contributed by atoms with Gasteiger partial charge in [0.05, 0.1) is 20.8 Å². The van der Waals surface area contributed by atoms with E-state index in [0.717, 1.165) is 17.6 Å². The van der Waals surface area contributed by atoms with Crippen LogP contribution >= 0.6 is 8.60 Å². The summed E-state index contributed by atoms with van der Waals surface area (Å²) in [5.74, 6) is -1.99. The summed E-state index contributed by atoms with van der Waals surface area (Å²) in [7, 11) is 0.218. The Hall–Kier alpha value is -4.38. The molecule has 46 heavy (non-hydrogen) atoms. The van der Waals surface area contributed by atoms with Gasteiger partial charge in [0.25, 0.3) is 0 Å². The first kappa shape index (κ1) is 33.0. The molecule has 1 unspecified atom stereocenters. The van der Waals surface area contributed by atoms with Gasteiger partial charge in [-0.2, -0.15) is 13.8 Å². The lowest BCUT2D eigenvalue weighted by molar-refractivity contribution is -0.140. The number of aliphatic hydroxyl groups excluding tert-OH is 1. The zero-order chi connectivity index (χ0) is 33.0. The molecule has 2 aromatic heterocycles. The number of aromatic nitrogens is 2. The minimum atomic E-state index is -3.95. The standard InChI is InChI=1S/C28H28F2N3O12P/c1-39-18-9-16-10-19(44-23(16)20(11-18)40-2)13-41-17-5-3-15(4-6-17)12-42-27(36)32-22-7-8-33(26(35)31-22)25-28(29,30)24(34)21(45-25)14-43-46(37)38/h3-11,21,24-25,34,37-38H,12-14H2,1-2H3,(H,31,32,35,36)/t21-,24-,25?/m1/s1. The Morgan fingerprint density at radius 1 is 1.09 bits per heavy atom. The molecule has 1 saturated heterocycles. The van der Waals surface area contributed by atoms with Crippen molar-refractivity contribution in [3.63, 3.8) is 0 Å². The minimum absolute atomic E-state index is 0.138. The predicted molar refractivity (Wildman–Crippen MR) is 155 cm³/mol. The molecule has 15 nitrogen and oxygen atoms in total. The summed E-state index contributed by atoms with van der Waals surface area (Å²) in [6.45, 7) is -0.773. The maximum atomic E-state index is 14.6. The van der Waals surface area contributed by atoms with E-state index in [2.05, 4.69) is 14.8 Å². The third-order valence-corrected chi connectivity index (χ3v) is 7.16. The molecule has 0 radical (unpaired) electrons. The molecule has 0 spiro atoms. The van der Waals surface area contributed by atoms with Gasteiger partial charge >= 0.3 is 26.3 Å². The van der Waals surface area contributed by atoms with Crippen LogP contribution in [-0.4, -0.2) is 69.5 Å². The highest BCUT2D eigenvalue weighted by molar-refractivity contribution is 7.39. The van der Waals surface area contributed by atoms with Gasteiger partial charge in [-0.15, -0.1) is 0 Å². The van der Waals surface area contributed by atoms with Gasteiger partial charge < -0.3 is 47.5 Å². The van der Waals surface area contributed by atoms with Gasteiger partial charge in [-0.25, -0.2) is 9.59 Å². The lowest BCUT2D eigenvalue weighted by atomic mass is 10.1. The molecule has 3 atom stereocenters. The van der Waals surface area contributed by atoms with Crippen LogP contribution in [0, 0.1) is 0 Å². The topological polar surface area (TPSA) is 193 Å². The Morgan fingerprint density at radius 3 is 2.52 bits per heavy atom. The van der Waals surface area contributed by atoms with Crippen LogP contribution in [0.4, 0.5) is 19.4 Å². The van der Waals surface area contributed by atoms with Crippen molar-refractivity contribution in [2.45, 2.75) is 37.6 Å². The molecule has 1 aliphatic heterocycles. The molecule has 1 aliphatic rings. The Kier molecular flexibility index (Phi) is 10.0. The number of fused-ring (bicyclic) bond motifs is 1. The van der Waals surface area contributed by atoms with E-state index in [9.17, 15) is 23.5 Å². The van der Waals surface area contributed by atoms with E-state index < -0.39 is 51.4 Å². The van der Waals surface area contributed by atoms with E-state index in [4.69, 9.17) is 37.9 Å². The van der Waals surface area contributed by atoms with Crippen LogP contribution in [0.3, 0.4) is 0 Å². The van der Waals surface area contributed by atoms with Gasteiger partial charge in [0, 0.05) is 17.6 Å². The zero-order valence-corrected chi connectivity index (χ0v) is 25.1. The van der Waals surface area contributed by atoms with Crippen molar-refractivity contribution in [2.24, 2.45) is 0 Å². The van der Waals surface area contributed by atoms with Crippen molar-refractivity contribution in [3.8, 4) is 17.2 Å². The molecule has 2 aromatic carbocycles. The smallest absolute Gasteiger partial charge is 0.413 e. The number of aliphatic hydroxyl groups is 1. The van der Waals surface area contributed by atoms with Crippen LogP contribution in [0.15, 0.2) is 63.9 Å². The molecular weight excluding hydrogens is 639 g/mol. The van der Waals surface area contributed by atoms with Crippen molar-refractivity contribution < 1.29 is 61.1 Å². The van der Waals surface area contributed by atoms with Crippen LogP contribution in [-0.2, 0) is 27.2 Å². The summed E-state index contributed by atoms with van der Waals surface area (Å²) in [6.07, 6.45) is -6.41. The number of rotatable bonds is 12. The number of alkyl halides is 2. The van der Waals surface area contributed by atoms with Gasteiger partial charge in [0.15, 0.2) is 17.4 Å². The lowest BCUT2D eigenvalue weighted by Gasteiger charge is -2.21. The van der Waals surface area contributed by atoms with E-state index >= 15 is 0 Å². The predicted octanol–water partition coefficient (Wildman–Crippen LogP) is 3.46. The lowest BCUT2D eigenvalue weighted by Crippen LogP contribution is -2.42. The molecule has 1 fully saturated rings. The van der Waals surface area contributed by atoms with E-state index in [1.807, 2.05) is 12.1 Å². The summed E-state index contributed by atoms with van der Waals surface area (Å²) in [5.41, 5.74) is -0.0472. The fourth-order valence-electron chi connectivity index (χ4n) is 4.52. The van der Waals surface area contributed by atoms with Gasteiger partial charge in [-0.05, 0) is 35.9 Å². The molecule has 3 heterocycles. The highest BCUT2D eigenvalue weighted by Gasteiger charge is 2.59. The molecule has 1 amide bonds. The van der Waals surface area contributed by atoms with Crippen molar-refractivity contribution in [1.29, 1.82) is 0 Å². The van der Waals surface area contributed by atoms with Crippen molar-refractivity contribution in [1.82, 2.24) is 9.55 Å². The molecule has 5 rings (SSSR count). The molecule has 0 bridgehead atoms. The summed E-state index contributed by atoms with van der Waals surface area (Å²) in [6, 6.07) is 13.1. The largest absolute Gasteiger partial charge is 0.497 e. The number of amides is 1. The summed E-state index contributed by atoms with van der Waals surface area (Å²) >= 11 is 0. The Labute approximate surface area is 259 Å². The Morgan fingerprint density at radius 2 is 1.85 bits per heavy atom. The van der Waals surface area contributed by atoms with E-state index in [1.165, 1.54) is 7.11 Å². The summed E-state index contributed by atoms with van der Waals surface area (Å²) in [5, 5.41) is 12.9. The monoisotopic (exact) mass is 667 g/mol. The number of nitrogens with zero attached hydrogens (tertiary/aromatic N) is 2. The maximum Gasteiger partial charge on any atom is 0.413 e. The Bertz CT molecular complexity index is 1730. The number of halogens is 2. The minimum Gasteiger partial charge on any atom is -0.497 e. The van der Waals surface area contributed by atoms with Gasteiger partial charge in [0.2, 0.25) is 6.23 Å². The fraction of sp³-hybridized carbons (Fsp3) is 0.321. The second-order valence-corrected chi connectivity index (χ2v) is 10.6. The number of furan rings is 1. The first-order chi connectivity index (χ1) is 22.0. The molecule has 0 saturated carbocycles. The van der Waals surface area contributed by atoms with E-state index in [0.29, 0.717) is 38.7 Å². The zero-order valence-electron chi connectivity index (χ0n) is 24.2. The fourth-order valence-corrected chi connectivity index (χ4v) is 4.80. The number of methoxy groups -OCH3 is 2. The number of benzene rings is 2. The van der Waals surface area contributed by atoms with Gasteiger partial charge in [-0.1, -0.05) is 12.1 Å². The maximum absolute atomic E-state index is 14.6. The number of carbonyl (C=O) groups is 1. The summed E-state index contributed by atoms with van der Waals surface area (Å²) < 4.78 is 66.6. The first-order valence-electron chi connectivity index (χ1n) is 13.4. The SMILES string of the molecule is COc1cc(OC)c2oc(COc3ccc(COC(=O)Nc4ccn(C5O[C@H](COP(O)O)[C@@H](O)C5(F)F)c(=O)n4)cc3)cc2c1. The molecule has 4 N–H and O–H groups in total. The van der Waals surface area contributed by atoms with Crippen molar-refractivity contribution in [2.75, 3.05) is 26.1 Å². The number of hydrogen-bond acceptors (Lipinski definition) is 13. The van der Waals surface area contributed by atoms with Crippen molar-refractivity contribution in [3.05, 3.63) is 76.5 Å². The number of hydrogen-bond donors (Lipinski definition) is 4. The highest BCUT2D eigenvalue weighted by atomic mass is 31.2. The van der Waals surface area contributed by atoms with Crippen LogP contribution in [0.2, 0.25) is 0 Å². The molecule has 18 heteroatoms. The second kappa shape index (κ2) is 13.9. The number of nitrogens with one attached hydrogen (secondary N) is 1. The average molecular weight is 668 g/mol. The third-order valence-electron chi connectivity index (χ3n) is 6.78. The summed E-state index contributed by atoms with van der Waals surface area (Å²) in [4.78, 5) is 45.9. The highest BCUT2D eigenvalue weighted by Crippen LogP contribution is 2.43. The second-order valence-electron chi connectivity index (χ2n) is 9.79. The third kappa shape index (κ3) is 7.36. The number of ether oxygens (including phenoxy) is 5. The molecule has 246 valence electrons. The van der Waals surface area contributed by atoms with E-state index in [-0.39, 0.29) is 19.0 Å². The number of anilines is 1.